The Bertz CT molecular complexity index is 838. The lowest BCUT2D eigenvalue weighted by molar-refractivity contribution is -0.119. The van der Waals surface area contributed by atoms with Gasteiger partial charge in [0.05, 0.1) is 5.75 Å². The Labute approximate surface area is 157 Å². The van der Waals surface area contributed by atoms with E-state index in [0.29, 0.717) is 11.4 Å². The molecule has 6 heteroatoms. The van der Waals surface area contributed by atoms with Crippen molar-refractivity contribution in [3.8, 4) is 0 Å². The molecule has 0 bridgehead atoms. The molecular formula is C20H22N2O3S. The number of thioether (sulfide) groups is 1. The molecule has 0 aromatic heterocycles. The predicted molar refractivity (Wildman–Crippen MR) is 106 cm³/mol. The number of hydrogen-bond acceptors (Lipinski definition) is 4. The summed E-state index contributed by atoms with van der Waals surface area (Å²) in [7, 11) is 1.48. The third kappa shape index (κ3) is 3.92. The van der Waals surface area contributed by atoms with Gasteiger partial charge in [-0.25, -0.2) is 0 Å². The van der Waals surface area contributed by atoms with Gasteiger partial charge in [0, 0.05) is 18.5 Å². The second-order valence-corrected chi connectivity index (χ2v) is 7.37. The third-order valence-corrected chi connectivity index (χ3v) is 5.58. The highest BCUT2D eigenvalue weighted by Gasteiger charge is 2.34. The van der Waals surface area contributed by atoms with E-state index in [1.165, 1.54) is 12.7 Å². The molecule has 1 heterocycles. The van der Waals surface area contributed by atoms with E-state index in [0.717, 1.165) is 16.8 Å². The van der Waals surface area contributed by atoms with Gasteiger partial charge in [0.25, 0.3) is 0 Å². The lowest BCUT2D eigenvalue weighted by Crippen LogP contribution is -2.28. The molecule has 2 amide bonds. The Morgan fingerprint density at radius 1 is 1.23 bits per heavy atom. The number of carbonyl (C=O) groups excluding carboxylic acids is 2. The van der Waals surface area contributed by atoms with Crippen LogP contribution in [-0.4, -0.2) is 31.3 Å². The number of amides is 2. The largest absolute Gasteiger partial charge is 0.375 e. The van der Waals surface area contributed by atoms with E-state index in [1.54, 1.807) is 11.8 Å². The Hall–Kier alpha value is -2.31. The first-order valence-corrected chi connectivity index (χ1v) is 9.44. The monoisotopic (exact) mass is 370 g/mol. The van der Waals surface area contributed by atoms with Crippen LogP contribution < -0.4 is 10.2 Å². The molecule has 1 saturated heterocycles. The molecule has 0 spiro atoms. The van der Waals surface area contributed by atoms with Crippen LogP contribution in [0.15, 0.2) is 42.5 Å². The Kier molecular flexibility index (Phi) is 5.64. The predicted octanol–water partition coefficient (Wildman–Crippen LogP) is 3.67. The van der Waals surface area contributed by atoms with Crippen molar-refractivity contribution in [2.45, 2.75) is 19.2 Å². The van der Waals surface area contributed by atoms with E-state index in [1.807, 2.05) is 48.2 Å². The summed E-state index contributed by atoms with van der Waals surface area (Å²) in [6.07, 6.45) is 0. The first kappa shape index (κ1) is 18.5. The minimum atomic E-state index is -0.203. The van der Waals surface area contributed by atoms with E-state index >= 15 is 0 Å². The molecule has 26 heavy (non-hydrogen) atoms. The first-order chi connectivity index (χ1) is 12.5. The number of benzene rings is 2. The number of anilines is 2. The summed E-state index contributed by atoms with van der Waals surface area (Å²) in [6.45, 7) is 4.12. The molecule has 1 aliphatic heterocycles. The highest BCUT2D eigenvalue weighted by Crippen LogP contribution is 2.42. The van der Waals surface area contributed by atoms with Crippen molar-refractivity contribution in [3.63, 3.8) is 0 Å². The normalized spacial score (nSPS) is 16.8. The van der Waals surface area contributed by atoms with Gasteiger partial charge in [-0.2, -0.15) is 0 Å². The summed E-state index contributed by atoms with van der Waals surface area (Å²) < 4.78 is 4.85. The molecule has 3 rings (SSSR count). The molecule has 1 fully saturated rings. The quantitative estimate of drug-likeness (QED) is 0.872. The molecule has 2 aromatic carbocycles. The molecule has 5 nitrogen and oxygen atoms in total. The van der Waals surface area contributed by atoms with Crippen LogP contribution >= 0.6 is 11.8 Å². The van der Waals surface area contributed by atoms with Crippen LogP contribution in [0.3, 0.4) is 0 Å². The number of methoxy groups -OCH3 is 1. The van der Waals surface area contributed by atoms with Gasteiger partial charge >= 0.3 is 0 Å². The van der Waals surface area contributed by atoms with Crippen molar-refractivity contribution >= 4 is 35.0 Å². The number of nitrogens with one attached hydrogen (secondary N) is 1. The lowest BCUT2D eigenvalue weighted by atomic mass is 10.1. The number of aryl methyl sites for hydroxylation is 2. The summed E-state index contributed by atoms with van der Waals surface area (Å²) in [6, 6.07) is 13.7. The van der Waals surface area contributed by atoms with E-state index in [-0.39, 0.29) is 23.8 Å². The van der Waals surface area contributed by atoms with Gasteiger partial charge in [0.15, 0.2) is 0 Å². The SMILES string of the molecule is COCC(=O)Nc1cccc(C2SCC(=O)N2c2ccc(C)c(C)c2)c1. The van der Waals surface area contributed by atoms with Crippen LogP contribution in [0.1, 0.15) is 22.1 Å². The minimum absolute atomic E-state index is 0.00958. The van der Waals surface area contributed by atoms with E-state index < -0.39 is 0 Å². The molecule has 1 aliphatic rings. The van der Waals surface area contributed by atoms with Crippen LogP contribution in [0.5, 0.6) is 0 Å². The van der Waals surface area contributed by atoms with Gasteiger partial charge in [0.2, 0.25) is 11.8 Å². The molecule has 1 atom stereocenters. The Balaban J connectivity index is 1.88. The molecule has 136 valence electrons. The zero-order valence-electron chi connectivity index (χ0n) is 15.1. The molecule has 0 radical (unpaired) electrons. The van der Waals surface area contributed by atoms with Crippen LogP contribution in [0, 0.1) is 13.8 Å². The first-order valence-electron chi connectivity index (χ1n) is 8.39. The van der Waals surface area contributed by atoms with Gasteiger partial charge in [-0.3, -0.25) is 14.5 Å². The van der Waals surface area contributed by atoms with Crippen LogP contribution in [0.4, 0.5) is 11.4 Å². The summed E-state index contributed by atoms with van der Waals surface area (Å²) in [5.41, 5.74) is 4.94. The average Bonchev–Trinajstić information content (AvgIpc) is 2.99. The van der Waals surface area contributed by atoms with Crippen molar-refractivity contribution < 1.29 is 14.3 Å². The molecule has 0 aliphatic carbocycles. The van der Waals surface area contributed by atoms with Crippen molar-refractivity contribution in [3.05, 3.63) is 59.2 Å². The number of hydrogen-bond donors (Lipinski definition) is 1. The van der Waals surface area contributed by atoms with E-state index in [4.69, 9.17) is 4.74 Å². The highest BCUT2D eigenvalue weighted by atomic mass is 32.2. The fourth-order valence-electron chi connectivity index (χ4n) is 2.92. The maximum atomic E-state index is 12.5. The number of ether oxygens (including phenoxy) is 1. The van der Waals surface area contributed by atoms with Crippen LogP contribution in [0.2, 0.25) is 0 Å². The van der Waals surface area contributed by atoms with Gasteiger partial charge in [-0.05, 0) is 54.8 Å². The van der Waals surface area contributed by atoms with Crippen LogP contribution in [-0.2, 0) is 14.3 Å². The molecule has 0 saturated carbocycles. The topological polar surface area (TPSA) is 58.6 Å². The van der Waals surface area contributed by atoms with Crippen molar-refractivity contribution in [1.29, 1.82) is 0 Å². The zero-order valence-corrected chi connectivity index (χ0v) is 15.9. The van der Waals surface area contributed by atoms with Gasteiger partial charge in [0.1, 0.15) is 12.0 Å². The molecule has 2 aromatic rings. The second kappa shape index (κ2) is 7.93. The van der Waals surface area contributed by atoms with Crippen molar-refractivity contribution in [2.24, 2.45) is 0 Å². The van der Waals surface area contributed by atoms with E-state index in [9.17, 15) is 9.59 Å². The second-order valence-electron chi connectivity index (χ2n) is 6.30. The van der Waals surface area contributed by atoms with Gasteiger partial charge < -0.3 is 10.1 Å². The Morgan fingerprint density at radius 2 is 2.04 bits per heavy atom. The van der Waals surface area contributed by atoms with Crippen molar-refractivity contribution in [2.75, 3.05) is 29.7 Å². The number of nitrogens with zero attached hydrogens (tertiary/aromatic N) is 1. The van der Waals surface area contributed by atoms with Gasteiger partial charge in [-0.1, -0.05) is 18.2 Å². The maximum absolute atomic E-state index is 12.5. The standard InChI is InChI=1S/C20H22N2O3S/c1-13-7-8-17(9-14(13)2)22-19(24)12-26-20(22)15-5-4-6-16(10-15)21-18(23)11-25-3/h4-10,20H,11-12H2,1-3H3,(H,21,23). The van der Waals surface area contributed by atoms with Crippen LogP contribution in [0.25, 0.3) is 0 Å². The summed E-state index contributed by atoms with van der Waals surface area (Å²) in [5.74, 6) is 0.334. The number of carbonyl (C=O) groups is 2. The molecule has 1 N–H and O–H groups in total. The third-order valence-electron chi connectivity index (χ3n) is 4.37. The average molecular weight is 370 g/mol. The Morgan fingerprint density at radius 3 is 2.77 bits per heavy atom. The van der Waals surface area contributed by atoms with Gasteiger partial charge in [-0.15, -0.1) is 11.8 Å². The summed E-state index contributed by atoms with van der Waals surface area (Å²) in [5, 5.41) is 2.70. The maximum Gasteiger partial charge on any atom is 0.250 e. The zero-order chi connectivity index (χ0) is 18.7. The highest BCUT2D eigenvalue weighted by molar-refractivity contribution is 8.00. The smallest absolute Gasteiger partial charge is 0.250 e. The molecular weight excluding hydrogens is 348 g/mol. The van der Waals surface area contributed by atoms with E-state index in [2.05, 4.69) is 18.3 Å². The fourth-order valence-corrected chi connectivity index (χ4v) is 4.09. The van der Waals surface area contributed by atoms with Crippen molar-refractivity contribution in [1.82, 2.24) is 0 Å². The lowest BCUT2D eigenvalue weighted by Gasteiger charge is -2.25. The summed E-state index contributed by atoms with van der Waals surface area (Å²) >= 11 is 1.59. The fraction of sp³-hybridized carbons (Fsp3) is 0.300. The summed E-state index contributed by atoms with van der Waals surface area (Å²) in [4.78, 5) is 26.1. The minimum Gasteiger partial charge on any atom is -0.375 e. The number of rotatable bonds is 5. The molecule has 1 unspecified atom stereocenters.